The summed E-state index contributed by atoms with van der Waals surface area (Å²) in [4.78, 5) is 93.2. The van der Waals surface area contributed by atoms with Gasteiger partial charge in [-0.15, -0.1) is 23.1 Å². The van der Waals surface area contributed by atoms with Gasteiger partial charge in [-0.3, -0.25) is 24.6 Å². The zero-order chi connectivity index (χ0) is 55.5. The number of nitrogens with one attached hydrogen (secondary N) is 4. The van der Waals surface area contributed by atoms with Crippen LogP contribution in [0.3, 0.4) is 0 Å². The fourth-order valence-corrected chi connectivity index (χ4v) is 11.5. The Hall–Kier alpha value is -7.76. The highest BCUT2D eigenvalue weighted by molar-refractivity contribution is 8.00. The minimum atomic E-state index is -4.07. The van der Waals surface area contributed by atoms with E-state index >= 15 is 0 Å². The number of thioether (sulfide) groups is 1. The van der Waals surface area contributed by atoms with Crippen LogP contribution in [0.1, 0.15) is 69.5 Å². The van der Waals surface area contributed by atoms with E-state index in [4.69, 9.17) is 23.8 Å². The summed E-state index contributed by atoms with van der Waals surface area (Å²) in [6.07, 6.45) is -1.62. The molecule has 2 atom stereocenters. The molecule has 23 heteroatoms. The van der Waals surface area contributed by atoms with E-state index in [2.05, 4.69) is 31.4 Å². The number of hydrogen-bond acceptors (Lipinski definition) is 17. The van der Waals surface area contributed by atoms with Crippen LogP contribution in [0.5, 0.6) is 5.75 Å². The number of hydrogen-bond donors (Lipinski definition) is 4. The highest BCUT2D eigenvalue weighted by atomic mass is 32.2. The van der Waals surface area contributed by atoms with Crippen molar-refractivity contribution in [3.63, 3.8) is 0 Å². The number of anilines is 1. The van der Waals surface area contributed by atoms with E-state index in [0.717, 1.165) is 28.0 Å². The van der Waals surface area contributed by atoms with Gasteiger partial charge in [0.05, 0.1) is 25.2 Å². The summed E-state index contributed by atoms with van der Waals surface area (Å²) in [5, 5.41) is 15.3. The zero-order valence-corrected chi connectivity index (χ0v) is 45.8. The Labute approximate surface area is 454 Å². The maximum Gasteiger partial charge on any atom is 0.413 e. The number of carbonyl (C=O) groups excluding carboxylic acids is 6. The number of nitrogens with zero attached hydrogens (tertiary/aromatic N) is 3. The van der Waals surface area contributed by atoms with Crippen molar-refractivity contribution in [3.05, 3.63) is 160 Å². The molecule has 406 valence electrons. The lowest BCUT2D eigenvalue weighted by molar-refractivity contribution is -0.153. The fraction of sp³-hybridized carbons (Fsp3) is 0.333. The van der Waals surface area contributed by atoms with E-state index in [1.54, 1.807) is 65.8 Å². The minimum Gasteiger partial charge on any atom is -0.497 e. The lowest BCUT2D eigenvalue weighted by atomic mass is 9.80. The number of amides is 5. The van der Waals surface area contributed by atoms with E-state index in [9.17, 15) is 37.2 Å². The number of oxime groups is 1. The Morgan fingerprint density at radius 1 is 0.779 bits per heavy atom. The predicted octanol–water partition coefficient (Wildman–Crippen LogP) is 6.66. The molecule has 5 amide bonds. The Morgan fingerprint density at radius 3 is 1.91 bits per heavy atom. The summed E-state index contributed by atoms with van der Waals surface area (Å²) in [5.74, 6) is -4.09. The monoisotopic (exact) mass is 1110 g/mol. The first-order chi connectivity index (χ1) is 36.6. The Kier molecular flexibility index (Phi) is 18.1. The number of thiazole rings is 1. The molecule has 0 aliphatic carbocycles. The normalized spacial score (nSPS) is 15.8. The van der Waals surface area contributed by atoms with Gasteiger partial charge >= 0.3 is 18.2 Å². The lowest BCUT2D eigenvalue weighted by Gasteiger charge is -2.49. The first-order valence-corrected chi connectivity index (χ1v) is 27.9. The van der Waals surface area contributed by atoms with Crippen molar-refractivity contribution in [2.24, 2.45) is 5.16 Å². The second kappa shape index (κ2) is 24.5. The number of aromatic nitrogens is 1. The van der Waals surface area contributed by atoms with Gasteiger partial charge in [0, 0.05) is 34.4 Å². The standard InChI is InChI=1S/C54H59N7O13S3/c1-52(2,3)72-50(66)56-29-41(62)55-27-28-77(68,69)33-35-31-75-47-43(46(64)61(47)44(35)48(65)71-30-34-23-25-39(70-7)26-24-34)58-45(63)42(40-32-76-49(57-40)59-51(67)73-53(4,5)6)60-74-54(36-17-11-8-12-18-36,37-19-13-9-14-20-37)38-21-15-10-16-22-38/h8-26,32,43,47H,27-31,33H2,1-7H3,(H,55,62)(H,56,66)(H,58,63)(H,57,59,67)/b60-42-/t43?,47-/m1/s1. The molecule has 0 radical (unpaired) electrons. The van der Waals surface area contributed by atoms with Crippen LogP contribution in [0.2, 0.25) is 0 Å². The highest BCUT2D eigenvalue weighted by Crippen LogP contribution is 2.43. The molecule has 1 aromatic heterocycles. The van der Waals surface area contributed by atoms with Gasteiger partial charge in [-0.1, -0.05) is 108 Å². The molecule has 1 saturated heterocycles. The second-order valence-corrected chi connectivity index (χ2v) is 23.7. The fourth-order valence-electron chi connectivity index (χ4n) is 7.97. The minimum absolute atomic E-state index is 0.0350. The van der Waals surface area contributed by atoms with Crippen molar-refractivity contribution in [3.8, 4) is 5.75 Å². The molecule has 0 spiro atoms. The summed E-state index contributed by atoms with van der Waals surface area (Å²) >= 11 is 2.09. The largest absolute Gasteiger partial charge is 0.497 e. The summed E-state index contributed by atoms with van der Waals surface area (Å²) in [7, 11) is -2.57. The zero-order valence-electron chi connectivity index (χ0n) is 43.3. The highest BCUT2D eigenvalue weighted by Gasteiger charge is 2.55. The predicted molar refractivity (Wildman–Crippen MR) is 290 cm³/mol. The van der Waals surface area contributed by atoms with Crippen LogP contribution in [0.4, 0.5) is 14.7 Å². The second-order valence-electron chi connectivity index (χ2n) is 19.5. The average Bonchev–Trinajstić information content (AvgIpc) is 3.89. The first-order valence-electron chi connectivity index (χ1n) is 24.2. The summed E-state index contributed by atoms with van der Waals surface area (Å²) in [5.41, 5.74) is -1.21. The number of carbonyl (C=O) groups is 6. The first kappa shape index (κ1) is 57.0. The van der Waals surface area contributed by atoms with Gasteiger partial charge in [-0.25, -0.2) is 27.8 Å². The molecule has 3 heterocycles. The lowest BCUT2D eigenvalue weighted by Crippen LogP contribution is -2.71. The van der Waals surface area contributed by atoms with Crippen LogP contribution in [0.15, 0.2) is 137 Å². The molecule has 1 unspecified atom stereocenters. The van der Waals surface area contributed by atoms with Crippen LogP contribution in [-0.2, 0) is 60.3 Å². The number of sulfone groups is 1. The Balaban J connectivity index is 1.18. The maximum atomic E-state index is 14.9. The molecule has 4 N–H and O–H groups in total. The molecular formula is C54H59N7O13S3. The third-order valence-electron chi connectivity index (χ3n) is 11.4. The van der Waals surface area contributed by atoms with Crippen molar-refractivity contribution in [2.75, 3.05) is 42.8 Å². The Morgan fingerprint density at radius 2 is 1.35 bits per heavy atom. The van der Waals surface area contributed by atoms with Gasteiger partial charge in [0.1, 0.15) is 46.4 Å². The topological polar surface area (TPSA) is 259 Å². The maximum absolute atomic E-state index is 14.9. The summed E-state index contributed by atoms with van der Waals surface area (Å²) in [6, 6.07) is 33.2. The van der Waals surface area contributed by atoms with Crippen molar-refractivity contribution >= 4 is 79.7 Å². The quantitative estimate of drug-likeness (QED) is 0.0159. The summed E-state index contributed by atoms with van der Waals surface area (Å²) in [6.45, 7) is 9.04. The number of β-lactam (4-membered cyclic amide) rings is 1. The molecule has 2 aliphatic heterocycles. The number of rotatable bonds is 20. The van der Waals surface area contributed by atoms with Gasteiger partial charge in [-0.05, 0) is 64.8 Å². The number of benzene rings is 4. The van der Waals surface area contributed by atoms with Crippen LogP contribution in [0, 0.1) is 0 Å². The van der Waals surface area contributed by atoms with Crippen molar-refractivity contribution in [1.29, 1.82) is 0 Å². The summed E-state index contributed by atoms with van der Waals surface area (Å²) < 4.78 is 48.8. The molecule has 0 bridgehead atoms. The van der Waals surface area contributed by atoms with Gasteiger partial charge < -0.3 is 39.7 Å². The van der Waals surface area contributed by atoms with E-state index < -0.39 is 92.0 Å². The van der Waals surface area contributed by atoms with Gasteiger partial charge in [0.2, 0.25) is 11.5 Å². The number of alkyl carbamates (subject to hydrolysis) is 1. The van der Waals surface area contributed by atoms with Crippen molar-refractivity contribution in [2.45, 2.75) is 76.4 Å². The van der Waals surface area contributed by atoms with E-state index in [-0.39, 0.29) is 46.7 Å². The molecule has 1 fully saturated rings. The number of fused-ring (bicyclic) bond motifs is 1. The molecule has 0 saturated carbocycles. The number of ether oxygens (including phenoxy) is 4. The van der Waals surface area contributed by atoms with Gasteiger partial charge in [-0.2, -0.15) is 0 Å². The van der Waals surface area contributed by atoms with Crippen LogP contribution in [0.25, 0.3) is 0 Å². The van der Waals surface area contributed by atoms with Crippen LogP contribution >= 0.6 is 23.1 Å². The molecule has 4 aromatic carbocycles. The molecule has 7 rings (SSSR count). The van der Waals surface area contributed by atoms with Crippen LogP contribution < -0.4 is 26.0 Å². The van der Waals surface area contributed by atoms with E-state index in [1.165, 1.54) is 12.5 Å². The average molecular weight is 1110 g/mol. The molecule has 20 nitrogen and oxygen atoms in total. The van der Waals surface area contributed by atoms with Gasteiger partial charge in [0.25, 0.3) is 11.8 Å². The molecule has 2 aliphatic rings. The SMILES string of the molecule is COc1ccc(COC(=O)C2=C(CS(=O)(=O)CCNC(=O)CNC(=O)OC(C)(C)C)CS[C@@H]3C(NC(=O)/C(=N\OC(c4ccccc4)(c4ccccc4)c4ccccc4)c4csc(NC(=O)OC(C)(C)C)n4)C(=O)N23)cc1. The third kappa shape index (κ3) is 14.8. The van der Waals surface area contributed by atoms with E-state index in [1.807, 2.05) is 91.0 Å². The molecule has 77 heavy (non-hydrogen) atoms. The number of esters is 1. The molecular weight excluding hydrogens is 1050 g/mol. The van der Waals surface area contributed by atoms with E-state index in [0.29, 0.717) is 28.0 Å². The van der Waals surface area contributed by atoms with Gasteiger partial charge in [0.15, 0.2) is 20.7 Å². The number of methoxy groups -OCH3 is 1. The molecule has 5 aromatic rings. The van der Waals surface area contributed by atoms with Crippen LogP contribution in [-0.4, -0.2) is 120 Å². The van der Waals surface area contributed by atoms with Crippen molar-refractivity contribution in [1.82, 2.24) is 25.8 Å². The smallest absolute Gasteiger partial charge is 0.413 e. The van der Waals surface area contributed by atoms with Crippen molar-refractivity contribution < 1.29 is 61.0 Å². The Bertz CT molecular complexity index is 3030. The third-order valence-corrected chi connectivity index (χ3v) is 15.1.